The van der Waals surface area contributed by atoms with Crippen LogP contribution in [0.4, 0.5) is 11.4 Å². The number of rotatable bonds is 5. The molecule has 0 aliphatic rings. The number of halogens is 1. The molecule has 0 amide bonds. The molecule has 3 heteroatoms. The predicted octanol–water partition coefficient (Wildman–Crippen LogP) is 4.33. The zero-order valence-corrected chi connectivity index (χ0v) is 11.9. The van der Waals surface area contributed by atoms with E-state index in [1.54, 1.807) is 0 Å². The third-order valence-corrected chi connectivity index (χ3v) is 3.50. The summed E-state index contributed by atoms with van der Waals surface area (Å²) < 4.78 is 1.05. The maximum atomic E-state index is 5.85. The van der Waals surface area contributed by atoms with Gasteiger partial charge in [-0.1, -0.05) is 20.3 Å². The second-order valence-electron chi connectivity index (χ2n) is 4.23. The Hall–Kier alpha value is -0.700. The van der Waals surface area contributed by atoms with Crippen LogP contribution in [0.15, 0.2) is 16.6 Å². The zero-order valence-electron chi connectivity index (χ0n) is 10.3. The highest BCUT2D eigenvalue weighted by Crippen LogP contribution is 2.29. The predicted molar refractivity (Wildman–Crippen MR) is 75.9 cm³/mol. The molecule has 0 spiro atoms. The van der Waals surface area contributed by atoms with E-state index in [9.17, 15) is 0 Å². The molecule has 0 bridgehead atoms. The number of benzene rings is 1. The van der Waals surface area contributed by atoms with Gasteiger partial charge in [-0.2, -0.15) is 0 Å². The Morgan fingerprint density at radius 3 is 2.62 bits per heavy atom. The molecule has 2 nitrogen and oxygen atoms in total. The van der Waals surface area contributed by atoms with Crippen LogP contribution in [0.5, 0.6) is 0 Å². The maximum absolute atomic E-state index is 5.85. The molecule has 0 fully saturated rings. The molecule has 0 aliphatic heterocycles. The Morgan fingerprint density at radius 1 is 1.38 bits per heavy atom. The van der Waals surface area contributed by atoms with Crippen molar-refractivity contribution in [3.8, 4) is 0 Å². The van der Waals surface area contributed by atoms with Crippen LogP contribution in [0.3, 0.4) is 0 Å². The van der Waals surface area contributed by atoms with Crippen molar-refractivity contribution in [1.82, 2.24) is 0 Å². The third-order valence-electron chi connectivity index (χ3n) is 2.85. The van der Waals surface area contributed by atoms with E-state index in [0.717, 1.165) is 27.8 Å². The van der Waals surface area contributed by atoms with Gasteiger partial charge >= 0.3 is 0 Å². The molecule has 0 saturated heterocycles. The van der Waals surface area contributed by atoms with Gasteiger partial charge in [0.05, 0.1) is 0 Å². The second-order valence-corrected chi connectivity index (χ2v) is 5.08. The second kappa shape index (κ2) is 6.14. The molecule has 16 heavy (non-hydrogen) atoms. The van der Waals surface area contributed by atoms with Crippen LogP contribution < -0.4 is 11.1 Å². The van der Waals surface area contributed by atoms with Crippen molar-refractivity contribution in [3.05, 3.63) is 22.2 Å². The summed E-state index contributed by atoms with van der Waals surface area (Å²) in [6.45, 7) is 6.47. The number of anilines is 2. The van der Waals surface area contributed by atoms with E-state index in [2.05, 4.69) is 41.2 Å². The molecule has 1 aromatic rings. The van der Waals surface area contributed by atoms with Gasteiger partial charge < -0.3 is 11.1 Å². The van der Waals surface area contributed by atoms with E-state index in [1.165, 1.54) is 12.8 Å². The van der Waals surface area contributed by atoms with Crippen molar-refractivity contribution in [2.45, 2.75) is 46.1 Å². The minimum Gasteiger partial charge on any atom is -0.398 e. The fraction of sp³-hybridized carbons (Fsp3) is 0.538. The quantitative estimate of drug-likeness (QED) is 0.790. The molecular weight excluding hydrogens is 264 g/mol. The molecule has 1 unspecified atom stereocenters. The molecule has 90 valence electrons. The minimum atomic E-state index is 0.546. The Morgan fingerprint density at radius 2 is 2.06 bits per heavy atom. The van der Waals surface area contributed by atoms with Gasteiger partial charge in [-0.3, -0.25) is 0 Å². The van der Waals surface area contributed by atoms with E-state index in [0.29, 0.717) is 6.04 Å². The van der Waals surface area contributed by atoms with Crippen LogP contribution in [-0.4, -0.2) is 6.04 Å². The topological polar surface area (TPSA) is 38.0 Å². The van der Waals surface area contributed by atoms with Crippen molar-refractivity contribution in [3.63, 3.8) is 0 Å². The minimum absolute atomic E-state index is 0.546. The Kier molecular flexibility index (Phi) is 5.13. The molecule has 0 radical (unpaired) electrons. The van der Waals surface area contributed by atoms with E-state index >= 15 is 0 Å². The summed E-state index contributed by atoms with van der Waals surface area (Å²) in [6.07, 6.45) is 3.55. The van der Waals surface area contributed by atoms with Crippen LogP contribution in [0.1, 0.15) is 38.7 Å². The van der Waals surface area contributed by atoms with Gasteiger partial charge in [-0.15, -0.1) is 0 Å². The number of hydrogen-bond acceptors (Lipinski definition) is 2. The van der Waals surface area contributed by atoms with Crippen molar-refractivity contribution in [2.75, 3.05) is 11.1 Å². The average molecular weight is 285 g/mol. The molecular formula is C13H21BrN2. The lowest BCUT2D eigenvalue weighted by molar-refractivity contribution is 0.622. The normalized spacial score (nSPS) is 12.5. The fourth-order valence-electron chi connectivity index (χ4n) is 1.75. The third kappa shape index (κ3) is 3.41. The number of aryl methyl sites for hydroxylation is 1. The van der Waals surface area contributed by atoms with Crippen molar-refractivity contribution in [1.29, 1.82) is 0 Å². The van der Waals surface area contributed by atoms with Crippen molar-refractivity contribution in [2.24, 2.45) is 0 Å². The summed E-state index contributed by atoms with van der Waals surface area (Å²) in [5.41, 5.74) is 8.96. The molecule has 0 aromatic heterocycles. The summed E-state index contributed by atoms with van der Waals surface area (Å²) in [5, 5.41) is 3.56. The summed E-state index contributed by atoms with van der Waals surface area (Å²) in [6, 6.07) is 4.62. The first-order valence-electron chi connectivity index (χ1n) is 5.90. The molecule has 1 rings (SSSR count). The lowest BCUT2D eigenvalue weighted by atomic mass is 10.1. The van der Waals surface area contributed by atoms with E-state index in [4.69, 9.17) is 5.73 Å². The first-order chi connectivity index (χ1) is 7.58. The largest absolute Gasteiger partial charge is 0.398 e. The molecule has 1 aromatic carbocycles. The van der Waals surface area contributed by atoms with E-state index < -0.39 is 0 Å². The van der Waals surface area contributed by atoms with E-state index in [1.807, 2.05) is 13.0 Å². The van der Waals surface area contributed by atoms with Gasteiger partial charge in [0, 0.05) is 21.9 Å². The standard InChI is InChI=1S/C13H21BrN2/c1-4-6-10(5-2)16-13-7-9(3)12(15)8-11(13)14/h7-8,10,16H,4-6,15H2,1-3H3. The summed E-state index contributed by atoms with van der Waals surface area (Å²) in [7, 11) is 0. The van der Waals surface area contributed by atoms with Crippen molar-refractivity contribution < 1.29 is 0 Å². The maximum Gasteiger partial charge on any atom is 0.0490 e. The van der Waals surface area contributed by atoms with Gasteiger partial charge in [0.1, 0.15) is 0 Å². The smallest absolute Gasteiger partial charge is 0.0490 e. The van der Waals surface area contributed by atoms with Crippen molar-refractivity contribution >= 4 is 27.3 Å². The number of nitrogen functional groups attached to an aromatic ring is 1. The first kappa shape index (κ1) is 13.4. The molecule has 0 heterocycles. The number of nitrogens with two attached hydrogens (primary N) is 1. The lowest BCUT2D eigenvalue weighted by Gasteiger charge is -2.19. The van der Waals surface area contributed by atoms with Crippen LogP contribution in [0.25, 0.3) is 0 Å². The first-order valence-corrected chi connectivity index (χ1v) is 6.69. The van der Waals surface area contributed by atoms with Crippen LogP contribution in [0.2, 0.25) is 0 Å². The summed E-state index contributed by atoms with van der Waals surface area (Å²) in [4.78, 5) is 0. The molecule has 1 atom stereocenters. The van der Waals surface area contributed by atoms with Crippen LogP contribution in [-0.2, 0) is 0 Å². The average Bonchev–Trinajstić information content (AvgIpc) is 2.25. The number of nitrogens with one attached hydrogen (secondary N) is 1. The summed E-state index contributed by atoms with van der Waals surface area (Å²) in [5.74, 6) is 0. The van der Waals surface area contributed by atoms with Gasteiger partial charge in [0.15, 0.2) is 0 Å². The van der Waals surface area contributed by atoms with Crippen LogP contribution >= 0.6 is 15.9 Å². The van der Waals surface area contributed by atoms with Crippen LogP contribution in [0, 0.1) is 6.92 Å². The Balaban J connectivity index is 2.83. The lowest BCUT2D eigenvalue weighted by Crippen LogP contribution is -2.18. The monoisotopic (exact) mass is 284 g/mol. The molecule has 3 N–H and O–H groups in total. The highest BCUT2D eigenvalue weighted by Gasteiger charge is 2.08. The molecule has 0 saturated carbocycles. The fourth-order valence-corrected chi connectivity index (χ4v) is 2.23. The molecule has 0 aliphatic carbocycles. The van der Waals surface area contributed by atoms with E-state index in [-0.39, 0.29) is 0 Å². The zero-order chi connectivity index (χ0) is 12.1. The Bertz CT molecular complexity index is 350. The summed E-state index contributed by atoms with van der Waals surface area (Å²) >= 11 is 3.55. The highest BCUT2D eigenvalue weighted by atomic mass is 79.9. The SMILES string of the molecule is CCCC(CC)Nc1cc(C)c(N)cc1Br. The van der Waals surface area contributed by atoms with Gasteiger partial charge in [0.2, 0.25) is 0 Å². The van der Waals surface area contributed by atoms with Gasteiger partial charge in [-0.05, 0) is 53.4 Å². The van der Waals surface area contributed by atoms with Gasteiger partial charge in [0.25, 0.3) is 0 Å². The van der Waals surface area contributed by atoms with Gasteiger partial charge in [-0.25, -0.2) is 0 Å². The Labute approximate surface area is 107 Å². The number of hydrogen-bond donors (Lipinski definition) is 2. The highest BCUT2D eigenvalue weighted by molar-refractivity contribution is 9.10.